The second-order valence-electron chi connectivity index (χ2n) is 5.10. The molecule has 3 rings (SSSR count). The summed E-state index contributed by atoms with van der Waals surface area (Å²) in [7, 11) is 0. The van der Waals surface area contributed by atoms with E-state index in [1.54, 1.807) is 0 Å². The van der Waals surface area contributed by atoms with Crippen LogP contribution in [0.2, 0.25) is 0 Å². The van der Waals surface area contributed by atoms with Crippen molar-refractivity contribution in [3.05, 3.63) is 29.5 Å². The van der Waals surface area contributed by atoms with E-state index in [-0.39, 0.29) is 0 Å². The molecule has 1 aromatic carbocycles. The molecule has 3 nitrogen and oxygen atoms in total. The highest BCUT2D eigenvalue weighted by Crippen LogP contribution is 2.23. The Balaban J connectivity index is 2.01. The van der Waals surface area contributed by atoms with E-state index in [2.05, 4.69) is 42.0 Å². The van der Waals surface area contributed by atoms with Crippen molar-refractivity contribution in [2.75, 3.05) is 13.1 Å². The molecule has 1 aliphatic heterocycles. The first-order valence-electron chi connectivity index (χ1n) is 6.39. The fourth-order valence-electron chi connectivity index (χ4n) is 2.88. The molecule has 1 aromatic heterocycles. The fraction of sp³-hybridized carbons (Fsp3) is 0.500. The van der Waals surface area contributed by atoms with E-state index in [1.165, 1.54) is 22.9 Å². The zero-order chi connectivity index (χ0) is 11.8. The summed E-state index contributed by atoms with van der Waals surface area (Å²) >= 11 is 0. The van der Waals surface area contributed by atoms with Crippen molar-refractivity contribution >= 4 is 10.9 Å². The van der Waals surface area contributed by atoms with Gasteiger partial charge in [-0.25, -0.2) is 0 Å². The number of fused-ring (bicyclic) bond motifs is 1. The molecule has 3 heteroatoms. The maximum absolute atomic E-state index is 4.70. The smallest absolute Gasteiger partial charge is 0.0688 e. The molecule has 17 heavy (non-hydrogen) atoms. The van der Waals surface area contributed by atoms with Gasteiger partial charge in [-0.1, -0.05) is 12.1 Å². The fourth-order valence-corrected chi connectivity index (χ4v) is 2.88. The van der Waals surface area contributed by atoms with Crippen LogP contribution >= 0.6 is 0 Å². The molecule has 0 spiro atoms. The molecule has 0 bridgehead atoms. The van der Waals surface area contributed by atoms with Crippen molar-refractivity contribution < 1.29 is 0 Å². The molecule has 1 N–H and O–H groups in total. The predicted molar refractivity (Wildman–Crippen MR) is 70.2 cm³/mol. The average Bonchev–Trinajstić information content (AvgIpc) is 2.90. The molecule has 0 aliphatic carbocycles. The Hall–Kier alpha value is -1.35. The third-order valence-electron chi connectivity index (χ3n) is 3.75. The lowest BCUT2D eigenvalue weighted by Gasteiger charge is -2.09. The van der Waals surface area contributed by atoms with Gasteiger partial charge in [0, 0.05) is 11.9 Å². The van der Waals surface area contributed by atoms with Crippen molar-refractivity contribution in [2.45, 2.75) is 26.8 Å². The maximum Gasteiger partial charge on any atom is 0.0688 e. The van der Waals surface area contributed by atoms with Crippen molar-refractivity contribution in [3.8, 4) is 0 Å². The summed E-state index contributed by atoms with van der Waals surface area (Å²) in [6, 6.07) is 6.48. The van der Waals surface area contributed by atoms with Gasteiger partial charge in [0.15, 0.2) is 0 Å². The lowest BCUT2D eigenvalue weighted by atomic mass is 10.1. The van der Waals surface area contributed by atoms with Crippen molar-refractivity contribution in [3.63, 3.8) is 0 Å². The van der Waals surface area contributed by atoms with E-state index in [9.17, 15) is 0 Å². The third-order valence-corrected chi connectivity index (χ3v) is 3.75. The van der Waals surface area contributed by atoms with Gasteiger partial charge in [-0.2, -0.15) is 5.10 Å². The summed E-state index contributed by atoms with van der Waals surface area (Å²) in [5, 5.41) is 9.45. The van der Waals surface area contributed by atoms with Crippen LogP contribution in [0.1, 0.15) is 17.7 Å². The number of aromatic nitrogens is 2. The number of benzene rings is 1. The van der Waals surface area contributed by atoms with Crippen LogP contribution < -0.4 is 5.32 Å². The van der Waals surface area contributed by atoms with Gasteiger partial charge in [0.1, 0.15) is 0 Å². The summed E-state index contributed by atoms with van der Waals surface area (Å²) in [4.78, 5) is 0. The van der Waals surface area contributed by atoms with Crippen molar-refractivity contribution in [2.24, 2.45) is 5.92 Å². The van der Waals surface area contributed by atoms with Crippen LogP contribution in [-0.2, 0) is 6.54 Å². The van der Waals surface area contributed by atoms with Gasteiger partial charge in [0.2, 0.25) is 0 Å². The minimum atomic E-state index is 0.734. The van der Waals surface area contributed by atoms with E-state index in [4.69, 9.17) is 5.10 Å². The van der Waals surface area contributed by atoms with E-state index in [1.807, 2.05) is 0 Å². The molecule has 1 atom stereocenters. The molecule has 0 saturated carbocycles. The van der Waals surface area contributed by atoms with Crippen LogP contribution in [0.5, 0.6) is 0 Å². The van der Waals surface area contributed by atoms with E-state index in [0.29, 0.717) is 0 Å². The second kappa shape index (κ2) is 4.15. The van der Waals surface area contributed by atoms with E-state index in [0.717, 1.165) is 31.2 Å². The Kier molecular flexibility index (Phi) is 2.63. The SMILES string of the molecule is Cc1cccc2c1c(C)nn2CC1CCNC1. The monoisotopic (exact) mass is 229 g/mol. The molecule has 1 aliphatic rings. The van der Waals surface area contributed by atoms with Gasteiger partial charge in [0.05, 0.1) is 11.2 Å². The average molecular weight is 229 g/mol. The maximum atomic E-state index is 4.70. The quantitative estimate of drug-likeness (QED) is 0.856. The Bertz CT molecular complexity index is 536. The third kappa shape index (κ3) is 1.84. The van der Waals surface area contributed by atoms with Crippen LogP contribution in [0, 0.1) is 19.8 Å². The summed E-state index contributed by atoms with van der Waals surface area (Å²) in [6.45, 7) is 7.60. The molecule has 2 heterocycles. The normalized spacial score (nSPS) is 20.2. The van der Waals surface area contributed by atoms with Gasteiger partial charge in [-0.3, -0.25) is 4.68 Å². The number of rotatable bonds is 2. The van der Waals surface area contributed by atoms with Gasteiger partial charge in [0.25, 0.3) is 0 Å². The molecule has 1 saturated heterocycles. The first-order chi connectivity index (χ1) is 8.25. The number of hydrogen-bond acceptors (Lipinski definition) is 2. The van der Waals surface area contributed by atoms with Crippen LogP contribution in [-0.4, -0.2) is 22.9 Å². The Labute approximate surface area is 102 Å². The first kappa shape index (κ1) is 10.8. The predicted octanol–water partition coefficient (Wildman–Crippen LogP) is 2.26. The van der Waals surface area contributed by atoms with Gasteiger partial charge in [-0.05, 0) is 50.9 Å². The molecule has 0 radical (unpaired) electrons. The van der Waals surface area contributed by atoms with Crippen LogP contribution in [0.15, 0.2) is 18.2 Å². The zero-order valence-corrected chi connectivity index (χ0v) is 10.5. The zero-order valence-electron chi connectivity index (χ0n) is 10.5. The highest BCUT2D eigenvalue weighted by atomic mass is 15.3. The Morgan fingerprint density at radius 3 is 3.06 bits per heavy atom. The summed E-state index contributed by atoms with van der Waals surface area (Å²) in [5.74, 6) is 0.734. The topological polar surface area (TPSA) is 29.9 Å². The molecular weight excluding hydrogens is 210 g/mol. The lowest BCUT2D eigenvalue weighted by molar-refractivity contribution is 0.458. The minimum Gasteiger partial charge on any atom is -0.316 e. The highest BCUT2D eigenvalue weighted by molar-refractivity contribution is 5.85. The molecular formula is C14H19N3. The summed E-state index contributed by atoms with van der Waals surface area (Å²) < 4.78 is 2.19. The summed E-state index contributed by atoms with van der Waals surface area (Å²) in [5.41, 5.74) is 3.77. The van der Waals surface area contributed by atoms with Crippen LogP contribution in [0.3, 0.4) is 0 Å². The first-order valence-corrected chi connectivity index (χ1v) is 6.39. The number of nitrogens with zero attached hydrogens (tertiary/aromatic N) is 2. The van der Waals surface area contributed by atoms with Crippen molar-refractivity contribution in [1.29, 1.82) is 0 Å². The summed E-state index contributed by atoms with van der Waals surface area (Å²) in [6.07, 6.45) is 1.27. The lowest BCUT2D eigenvalue weighted by Crippen LogP contribution is -2.15. The van der Waals surface area contributed by atoms with Crippen molar-refractivity contribution in [1.82, 2.24) is 15.1 Å². The van der Waals surface area contributed by atoms with Crippen LogP contribution in [0.4, 0.5) is 0 Å². The molecule has 90 valence electrons. The number of aryl methyl sites for hydroxylation is 2. The molecule has 2 aromatic rings. The largest absolute Gasteiger partial charge is 0.316 e. The van der Waals surface area contributed by atoms with E-state index >= 15 is 0 Å². The molecule has 0 amide bonds. The van der Waals surface area contributed by atoms with Crippen LogP contribution in [0.25, 0.3) is 10.9 Å². The van der Waals surface area contributed by atoms with E-state index < -0.39 is 0 Å². The second-order valence-corrected chi connectivity index (χ2v) is 5.10. The van der Waals surface area contributed by atoms with Gasteiger partial charge < -0.3 is 5.32 Å². The van der Waals surface area contributed by atoms with Gasteiger partial charge >= 0.3 is 0 Å². The highest BCUT2D eigenvalue weighted by Gasteiger charge is 2.17. The van der Waals surface area contributed by atoms with Gasteiger partial charge in [-0.15, -0.1) is 0 Å². The molecule has 1 fully saturated rings. The Morgan fingerprint density at radius 1 is 1.41 bits per heavy atom. The Morgan fingerprint density at radius 2 is 2.29 bits per heavy atom. The molecule has 1 unspecified atom stereocenters. The number of nitrogens with one attached hydrogen (secondary N) is 1. The number of hydrogen-bond donors (Lipinski definition) is 1. The standard InChI is InChI=1S/C14H19N3/c1-10-4-3-5-13-14(10)11(2)16-17(13)9-12-6-7-15-8-12/h3-5,12,15H,6-9H2,1-2H3. The minimum absolute atomic E-state index is 0.734.